The number of aryl methyl sites for hydroxylation is 1. The van der Waals surface area contributed by atoms with Gasteiger partial charge in [0.2, 0.25) is 5.91 Å². The quantitative estimate of drug-likeness (QED) is 0.829. The monoisotopic (exact) mass is 230 g/mol. The third-order valence-corrected chi connectivity index (χ3v) is 3.47. The minimum absolute atomic E-state index is 0.195. The first-order chi connectivity index (χ1) is 8.31. The Morgan fingerprint density at radius 2 is 2.29 bits per heavy atom. The number of nitrogens with one attached hydrogen (secondary N) is 2. The Hall–Kier alpha value is -1.51. The van der Waals surface area contributed by atoms with Crippen LogP contribution >= 0.6 is 0 Å². The molecule has 2 aliphatic rings. The Balaban J connectivity index is 1.55. The molecule has 0 aromatic heterocycles. The van der Waals surface area contributed by atoms with Crippen molar-refractivity contribution in [3.63, 3.8) is 0 Å². The van der Waals surface area contributed by atoms with Crippen LogP contribution in [0.25, 0.3) is 0 Å². The van der Waals surface area contributed by atoms with Crippen LogP contribution in [0.4, 0.5) is 5.69 Å². The first-order valence-corrected chi connectivity index (χ1v) is 6.46. The summed E-state index contributed by atoms with van der Waals surface area (Å²) >= 11 is 0. The van der Waals surface area contributed by atoms with Crippen molar-refractivity contribution >= 4 is 11.6 Å². The largest absolute Gasteiger partial charge is 0.384 e. The molecule has 0 radical (unpaired) electrons. The van der Waals surface area contributed by atoms with Crippen molar-refractivity contribution in [3.05, 3.63) is 29.3 Å². The maximum absolute atomic E-state index is 11.6. The first kappa shape index (κ1) is 10.6. The minimum atomic E-state index is 0.195. The number of fused-ring (bicyclic) bond motifs is 1. The van der Waals surface area contributed by atoms with Gasteiger partial charge in [-0.1, -0.05) is 12.1 Å². The molecule has 0 unspecified atom stereocenters. The zero-order chi connectivity index (χ0) is 11.7. The molecule has 90 valence electrons. The number of rotatable bonds is 4. The molecule has 0 spiro atoms. The smallest absolute Gasteiger partial charge is 0.220 e. The standard InChI is InChI=1S/C14H18N2O/c17-14(16-12-4-5-12)6-2-10-1-3-11-7-8-15-13(11)9-10/h1,3,9,12,15H,2,4-8H2,(H,16,17). The van der Waals surface area contributed by atoms with Crippen LogP contribution in [-0.2, 0) is 17.6 Å². The highest BCUT2D eigenvalue weighted by Gasteiger charge is 2.22. The van der Waals surface area contributed by atoms with Crippen LogP contribution in [0.1, 0.15) is 30.4 Å². The van der Waals surface area contributed by atoms with Crippen molar-refractivity contribution in [3.8, 4) is 0 Å². The summed E-state index contributed by atoms with van der Waals surface area (Å²) in [5, 5.41) is 6.39. The number of amides is 1. The van der Waals surface area contributed by atoms with E-state index >= 15 is 0 Å². The van der Waals surface area contributed by atoms with E-state index in [1.165, 1.54) is 16.8 Å². The molecule has 0 atom stereocenters. The predicted molar refractivity (Wildman–Crippen MR) is 68.1 cm³/mol. The normalized spacial score (nSPS) is 17.4. The fourth-order valence-electron chi connectivity index (χ4n) is 2.28. The van der Waals surface area contributed by atoms with Crippen molar-refractivity contribution < 1.29 is 4.79 Å². The van der Waals surface area contributed by atoms with Gasteiger partial charge in [-0.05, 0) is 42.9 Å². The van der Waals surface area contributed by atoms with Crippen molar-refractivity contribution in [2.75, 3.05) is 11.9 Å². The topological polar surface area (TPSA) is 41.1 Å². The van der Waals surface area contributed by atoms with Crippen LogP contribution in [0.15, 0.2) is 18.2 Å². The number of hydrogen-bond acceptors (Lipinski definition) is 2. The first-order valence-electron chi connectivity index (χ1n) is 6.46. The fourth-order valence-corrected chi connectivity index (χ4v) is 2.28. The average Bonchev–Trinajstić information content (AvgIpc) is 3.01. The van der Waals surface area contributed by atoms with E-state index in [0.29, 0.717) is 12.5 Å². The van der Waals surface area contributed by atoms with Crippen molar-refractivity contribution in [1.82, 2.24) is 5.32 Å². The summed E-state index contributed by atoms with van der Waals surface area (Å²) in [5.41, 5.74) is 3.91. The van der Waals surface area contributed by atoms with E-state index in [-0.39, 0.29) is 5.91 Å². The van der Waals surface area contributed by atoms with Crippen molar-refractivity contribution in [2.24, 2.45) is 0 Å². The molecule has 3 nitrogen and oxygen atoms in total. The Labute approximate surface area is 102 Å². The van der Waals surface area contributed by atoms with Gasteiger partial charge < -0.3 is 10.6 Å². The summed E-state index contributed by atoms with van der Waals surface area (Å²) < 4.78 is 0. The summed E-state index contributed by atoms with van der Waals surface area (Å²) in [7, 11) is 0. The minimum Gasteiger partial charge on any atom is -0.384 e. The van der Waals surface area contributed by atoms with E-state index in [1.54, 1.807) is 0 Å². The van der Waals surface area contributed by atoms with E-state index < -0.39 is 0 Å². The maximum Gasteiger partial charge on any atom is 0.220 e. The molecule has 1 aliphatic carbocycles. The Bertz CT molecular complexity index is 438. The molecule has 3 heteroatoms. The summed E-state index contributed by atoms with van der Waals surface area (Å²) in [6.45, 7) is 1.04. The van der Waals surface area contributed by atoms with Gasteiger partial charge in [0.1, 0.15) is 0 Å². The molecule has 1 saturated carbocycles. The lowest BCUT2D eigenvalue weighted by Gasteiger charge is -2.06. The number of anilines is 1. The summed E-state index contributed by atoms with van der Waals surface area (Å²) in [6.07, 6.45) is 4.89. The number of benzene rings is 1. The highest BCUT2D eigenvalue weighted by molar-refractivity contribution is 5.76. The van der Waals surface area contributed by atoms with Gasteiger partial charge in [-0.2, -0.15) is 0 Å². The summed E-state index contributed by atoms with van der Waals surface area (Å²) in [4.78, 5) is 11.6. The SMILES string of the molecule is O=C(CCc1ccc2c(c1)NCC2)NC1CC1. The molecule has 2 N–H and O–H groups in total. The molecule has 0 saturated heterocycles. The zero-order valence-corrected chi connectivity index (χ0v) is 9.96. The Kier molecular flexibility index (Phi) is 2.75. The fraction of sp³-hybridized carbons (Fsp3) is 0.500. The van der Waals surface area contributed by atoms with E-state index in [1.807, 2.05) is 0 Å². The van der Waals surface area contributed by atoms with Crippen molar-refractivity contribution in [1.29, 1.82) is 0 Å². The number of hydrogen-bond donors (Lipinski definition) is 2. The molecule has 1 fully saturated rings. The number of carbonyl (C=O) groups is 1. The van der Waals surface area contributed by atoms with Crippen LogP contribution in [-0.4, -0.2) is 18.5 Å². The molecule has 1 heterocycles. The maximum atomic E-state index is 11.6. The van der Waals surface area contributed by atoms with Gasteiger partial charge in [-0.3, -0.25) is 4.79 Å². The van der Waals surface area contributed by atoms with Crippen molar-refractivity contribution in [2.45, 2.75) is 38.1 Å². The highest BCUT2D eigenvalue weighted by Crippen LogP contribution is 2.24. The van der Waals surface area contributed by atoms with Crippen LogP contribution in [0.3, 0.4) is 0 Å². The average molecular weight is 230 g/mol. The van der Waals surface area contributed by atoms with Crippen LogP contribution in [0, 0.1) is 0 Å². The van der Waals surface area contributed by atoms with E-state index in [0.717, 1.165) is 32.2 Å². The second kappa shape index (κ2) is 4.40. The highest BCUT2D eigenvalue weighted by atomic mass is 16.1. The second-order valence-corrected chi connectivity index (χ2v) is 5.01. The molecule has 17 heavy (non-hydrogen) atoms. The molecule has 0 bridgehead atoms. The van der Waals surface area contributed by atoms with E-state index in [4.69, 9.17) is 0 Å². The van der Waals surface area contributed by atoms with Gasteiger partial charge >= 0.3 is 0 Å². The van der Waals surface area contributed by atoms with Gasteiger partial charge in [0.05, 0.1) is 0 Å². The van der Waals surface area contributed by atoms with Gasteiger partial charge in [0, 0.05) is 24.7 Å². The molecule has 1 aromatic carbocycles. The lowest BCUT2D eigenvalue weighted by atomic mass is 10.1. The predicted octanol–water partition coefficient (Wildman–Crippen LogP) is 1.87. The molecule has 1 aliphatic heterocycles. The Morgan fingerprint density at radius 3 is 3.12 bits per heavy atom. The van der Waals surface area contributed by atoms with Gasteiger partial charge in [0.25, 0.3) is 0 Å². The number of carbonyl (C=O) groups excluding carboxylic acids is 1. The van der Waals surface area contributed by atoms with E-state index in [2.05, 4.69) is 28.8 Å². The molecule has 1 aromatic rings. The molecular formula is C14H18N2O. The second-order valence-electron chi connectivity index (χ2n) is 5.01. The molecular weight excluding hydrogens is 212 g/mol. The van der Waals surface area contributed by atoms with Gasteiger partial charge in [-0.25, -0.2) is 0 Å². The lowest BCUT2D eigenvalue weighted by molar-refractivity contribution is -0.121. The summed E-state index contributed by atoms with van der Waals surface area (Å²) in [5.74, 6) is 0.195. The third kappa shape index (κ3) is 2.60. The van der Waals surface area contributed by atoms with Crippen LogP contribution < -0.4 is 10.6 Å². The Morgan fingerprint density at radius 1 is 1.41 bits per heavy atom. The third-order valence-electron chi connectivity index (χ3n) is 3.47. The van der Waals surface area contributed by atoms with Gasteiger partial charge in [-0.15, -0.1) is 0 Å². The van der Waals surface area contributed by atoms with E-state index in [9.17, 15) is 4.79 Å². The lowest BCUT2D eigenvalue weighted by Crippen LogP contribution is -2.25. The van der Waals surface area contributed by atoms with Crippen LogP contribution in [0.5, 0.6) is 0 Å². The molecule has 3 rings (SSSR count). The molecule has 1 amide bonds. The van der Waals surface area contributed by atoms with Crippen LogP contribution in [0.2, 0.25) is 0 Å². The zero-order valence-electron chi connectivity index (χ0n) is 9.96. The summed E-state index contributed by atoms with van der Waals surface area (Å²) in [6, 6.07) is 7.00. The van der Waals surface area contributed by atoms with Gasteiger partial charge in [0.15, 0.2) is 0 Å².